The molecule has 0 aliphatic heterocycles. The van der Waals surface area contributed by atoms with Crippen molar-refractivity contribution in [3.63, 3.8) is 0 Å². The molecule has 0 heterocycles. The van der Waals surface area contributed by atoms with Gasteiger partial charge in [0.25, 0.3) is 0 Å². The molecule has 1 fully saturated rings. The molecule has 1 saturated carbocycles. The maximum atomic E-state index is 2.47. The Balaban J connectivity index is 1.92. The fourth-order valence-electron chi connectivity index (χ4n) is 5.32. The number of benzene rings is 3. The summed E-state index contributed by atoms with van der Waals surface area (Å²) >= 11 is 0. The quantitative estimate of drug-likeness (QED) is 0.434. The number of fused-ring (bicyclic) bond motifs is 7. The largest absolute Gasteiger partial charge is 0.0613 e. The highest BCUT2D eigenvalue weighted by atomic mass is 14.5. The van der Waals surface area contributed by atoms with E-state index < -0.39 is 0 Å². The first kappa shape index (κ1) is 14.3. The standard InChI is InChI=1S/C24H24/c1-16-9-10-20-22(15-16)24(13-4-3-5-14-24)21-12-11-18-17(2)7-6-8-19(18)23(20)21/h6-12,15H,3-5,13-14H2,1-2H3. The first-order chi connectivity index (χ1) is 11.7. The topological polar surface area (TPSA) is 0 Å². The molecule has 2 aliphatic carbocycles. The molecule has 0 atom stereocenters. The molecule has 5 rings (SSSR count). The zero-order valence-corrected chi connectivity index (χ0v) is 14.7. The molecule has 3 aromatic carbocycles. The van der Waals surface area contributed by atoms with Gasteiger partial charge in [-0.05, 0) is 65.3 Å². The van der Waals surface area contributed by atoms with Crippen molar-refractivity contribution in [2.45, 2.75) is 51.4 Å². The molecule has 0 nitrogen and oxygen atoms in total. The van der Waals surface area contributed by atoms with Gasteiger partial charge >= 0.3 is 0 Å². The fourth-order valence-corrected chi connectivity index (χ4v) is 5.32. The van der Waals surface area contributed by atoms with Gasteiger partial charge in [-0.15, -0.1) is 0 Å². The van der Waals surface area contributed by atoms with E-state index in [1.807, 2.05) is 0 Å². The van der Waals surface area contributed by atoms with Crippen molar-refractivity contribution in [2.75, 3.05) is 0 Å². The Kier molecular flexibility index (Phi) is 2.95. The van der Waals surface area contributed by atoms with Crippen molar-refractivity contribution >= 4 is 10.8 Å². The van der Waals surface area contributed by atoms with Crippen LogP contribution in [0.5, 0.6) is 0 Å². The van der Waals surface area contributed by atoms with Crippen LogP contribution in [0, 0.1) is 13.8 Å². The smallest absolute Gasteiger partial charge is 0.0215 e. The lowest BCUT2D eigenvalue weighted by atomic mass is 9.67. The molecule has 0 N–H and O–H groups in total. The van der Waals surface area contributed by atoms with E-state index in [0.29, 0.717) is 0 Å². The summed E-state index contributed by atoms with van der Waals surface area (Å²) in [5.41, 5.74) is 9.27. The summed E-state index contributed by atoms with van der Waals surface area (Å²) in [7, 11) is 0. The van der Waals surface area contributed by atoms with Gasteiger partial charge in [0.05, 0.1) is 0 Å². The van der Waals surface area contributed by atoms with Crippen LogP contribution in [0.1, 0.15) is 54.4 Å². The third kappa shape index (κ3) is 1.75. The summed E-state index contributed by atoms with van der Waals surface area (Å²) in [6.45, 7) is 4.47. The van der Waals surface area contributed by atoms with Gasteiger partial charge in [0.2, 0.25) is 0 Å². The van der Waals surface area contributed by atoms with Gasteiger partial charge in [0, 0.05) is 5.41 Å². The van der Waals surface area contributed by atoms with Gasteiger partial charge in [-0.25, -0.2) is 0 Å². The zero-order chi connectivity index (χ0) is 16.3. The predicted octanol–water partition coefficient (Wildman–Crippen LogP) is 6.69. The second-order valence-corrected chi connectivity index (χ2v) is 7.85. The van der Waals surface area contributed by atoms with Gasteiger partial charge in [-0.2, -0.15) is 0 Å². The van der Waals surface area contributed by atoms with Crippen LogP contribution in [0.2, 0.25) is 0 Å². The molecule has 1 spiro atoms. The van der Waals surface area contributed by atoms with Crippen LogP contribution in [0.3, 0.4) is 0 Å². The van der Waals surface area contributed by atoms with Crippen molar-refractivity contribution in [3.05, 3.63) is 70.8 Å². The molecule has 120 valence electrons. The van der Waals surface area contributed by atoms with E-state index in [2.05, 4.69) is 62.4 Å². The molecule has 0 unspecified atom stereocenters. The van der Waals surface area contributed by atoms with Crippen LogP contribution in [-0.2, 0) is 5.41 Å². The lowest BCUT2D eigenvalue weighted by Crippen LogP contribution is -2.28. The Bertz CT molecular complexity index is 955. The lowest BCUT2D eigenvalue weighted by molar-refractivity contribution is 0.353. The first-order valence-corrected chi connectivity index (χ1v) is 9.35. The first-order valence-electron chi connectivity index (χ1n) is 9.35. The molecular formula is C24H24. The summed E-state index contributed by atoms with van der Waals surface area (Å²) in [6.07, 6.45) is 6.74. The minimum absolute atomic E-state index is 0.271. The Morgan fingerprint density at radius 1 is 0.750 bits per heavy atom. The van der Waals surface area contributed by atoms with Crippen LogP contribution in [0.4, 0.5) is 0 Å². The molecule has 0 bridgehead atoms. The van der Waals surface area contributed by atoms with Crippen molar-refractivity contribution in [3.8, 4) is 11.1 Å². The summed E-state index contributed by atoms with van der Waals surface area (Å²) in [6, 6.07) is 18.8. The van der Waals surface area contributed by atoms with Crippen LogP contribution < -0.4 is 0 Å². The Hall–Kier alpha value is -2.08. The van der Waals surface area contributed by atoms with Gasteiger partial charge < -0.3 is 0 Å². The minimum Gasteiger partial charge on any atom is -0.0613 e. The average molecular weight is 312 g/mol. The van der Waals surface area contributed by atoms with Gasteiger partial charge in [0.1, 0.15) is 0 Å². The van der Waals surface area contributed by atoms with E-state index in [1.165, 1.54) is 65.1 Å². The third-order valence-corrected chi connectivity index (χ3v) is 6.46. The SMILES string of the molecule is Cc1ccc2c(c1)C1(CCCCC1)c1ccc3c(C)cccc3c1-2. The van der Waals surface area contributed by atoms with Crippen LogP contribution >= 0.6 is 0 Å². The van der Waals surface area contributed by atoms with E-state index in [1.54, 1.807) is 11.1 Å². The fraction of sp³-hybridized carbons (Fsp3) is 0.333. The van der Waals surface area contributed by atoms with Crippen LogP contribution in [0.25, 0.3) is 21.9 Å². The average Bonchev–Trinajstić information content (AvgIpc) is 2.86. The molecule has 0 aromatic heterocycles. The van der Waals surface area contributed by atoms with E-state index in [4.69, 9.17) is 0 Å². The van der Waals surface area contributed by atoms with Crippen molar-refractivity contribution < 1.29 is 0 Å². The number of hydrogen-bond donors (Lipinski definition) is 0. The number of hydrogen-bond acceptors (Lipinski definition) is 0. The molecule has 0 saturated heterocycles. The van der Waals surface area contributed by atoms with Crippen LogP contribution in [-0.4, -0.2) is 0 Å². The maximum Gasteiger partial charge on any atom is 0.0215 e. The third-order valence-electron chi connectivity index (χ3n) is 6.46. The summed E-state index contributed by atoms with van der Waals surface area (Å²) in [4.78, 5) is 0. The molecular weight excluding hydrogens is 288 g/mol. The van der Waals surface area contributed by atoms with Crippen LogP contribution in [0.15, 0.2) is 48.5 Å². The van der Waals surface area contributed by atoms with E-state index in [-0.39, 0.29) is 5.41 Å². The summed E-state index contributed by atoms with van der Waals surface area (Å²) in [5.74, 6) is 0. The Morgan fingerprint density at radius 3 is 2.42 bits per heavy atom. The summed E-state index contributed by atoms with van der Waals surface area (Å²) in [5, 5.41) is 2.86. The zero-order valence-electron chi connectivity index (χ0n) is 14.7. The normalized spacial score (nSPS) is 17.9. The molecule has 3 aromatic rings. The highest BCUT2D eigenvalue weighted by molar-refractivity contribution is 6.03. The van der Waals surface area contributed by atoms with Crippen molar-refractivity contribution in [2.24, 2.45) is 0 Å². The predicted molar refractivity (Wildman–Crippen MR) is 103 cm³/mol. The molecule has 2 aliphatic rings. The second-order valence-electron chi connectivity index (χ2n) is 7.85. The number of aryl methyl sites for hydroxylation is 2. The Labute approximate surface area is 144 Å². The molecule has 0 heteroatoms. The van der Waals surface area contributed by atoms with E-state index in [0.717, 1.165) is 0 Å². The summed E-state index contributed by atoms with van der Waals surface area (Å²) < 4.78 is 0. The van der Waals surface area contributed by atoms with E-state index in [9.17, 15) is 0 Å². The number of rotatable bonds is 0. The van der Waals surface area contributed by atoms with Crippen molar-refractivity contribution in [1.29, 1.82) is 0 Å². The molecule has 0 amide bonds. The second kappa shape index (κ2) is 4.96. The van der Waals surface area contributed by atoms with Gasteiger partial charge in [0.15, 0.2) is 0 Å². The Morgan fingerprint density at radius 2 is 1.58 bits per heavy atom. The maximum absolute atomic E-state index is 2.47. The monoisotopic (exact) mass is 312 g/mol. The highest BCUT2D eigenvalue weighted by Crippen LogP contribution is 2.57. The van der Waals surface area contributed by atoms with Gasteiger partial charge in [-0.1, -0.05) is 73.4 Å². The minimum atomic E-state index is 0.271. The van der Waals surface area contributed by atoms with Crippen molar-refractivity contribution in [1.82, 2.24) is 0 Å². The van der Waals surface area contributed by atoms with Gasteiger partial charge in [-0.3, -0.25) is 0 Å². The lowest BCUT2D eigenvalue weighted by Gasteiger charge is -2.36. The highest BCUT2D eigenvalue weighted by Gasteiger charge is 2.44. The van der Waals surface area contributed by atoms with E-state index >= 15 is 0 Å². The molecule has 24 heavy (non-hydrogen) atoms. The molecule has 0 radical (unpaired) electrons.